The Morgan fingerprint density at radius 1 is 1.19 bits per heavy atom. The molecule has 27 heavy (non-hydrogen) atoms. The van der Waals surface area contributed by atoms with Crippen molar-refractivity contribution in [2.75, 3.05) is 5.32 Å². The summed E-state index contributed by atoms with van der Waals surface area (Å²) in [5.41, 5.74) is 2.15. The third-order valence-electron chi connectivity index (χ3n) is 4.34. The quantitative estimate of drug-likeness (QED) is 0.461. The van der Waals surface area contributed by atoms with Crippen LogP contribution in [0.3, 0.4) is 0 Å². The van der Waals surface area contributed by atoms with Crippen molar-refractivity contribution in [3.05, 3.63) is 80.4 Å². The smallest absolute Gasteiger partial charge is 0.282 e. The first-order valence-corrected chi connectivity index (χ1v) is 9.52. The van der Waals surface area contributed by atoms with Crippen molar-refractivity contribution in [3.63, 3.8) is 0 Å². The van der Waals surface area contributed by atoms with E-state index in [-0.39, 0.29) is 11.6 Å². The molecule has 0 aliphatic rings. The molecule has 4 rings (SSSR count). The lowest BCUT2D eigenvalue weighted by atomic mass is 10.2. The van der Waals surface area contributed by atoms with Crippen LogP contribution >= 0.6 is 22.6 Å². The zero-order chi connectivity index (χ0) is 19.0. The number of para-hydroxylation sites is 1. The average molecular weight is 472 g/mol. The van der Waals surface area contributed by atoms with E-state index in [1.807, 2.05) is 56.4 Å². The maximum absolute atomic E-state index is 13.3. The van der Waals surface area contributed by atoms with Gasteiger partial charge >= 0.3 is 0 Å². The van der Waals surface area contributed by atoms with Gasteiger partial charge in [0.2, 0.25) is 0 Å². The SMILES string of the molecule is Cc1ccn2nc([C@H](C)Nc3ncncc3I)n(-c3ccccc3)c(=O)c12. The fourth-order valence-corrected chi connectivity index (χ4v) is 3.48. The Hall–Kier alpha value is -2.75. The number of aryl methyl sites for hydroxylation is 1. The molecule has 0 unspecified atom stereocenters. The predicted octanol–water partition coefficient (Wildman–Crippen LogP) is 3.36. The van der Waals surface area contributed by atoms with E-state index in [2.05, 4.69) is 37.9 Å². The van der Waals surface area contributed by atoms with Gasteiger partial charge in [0.25, 0.3) is 5.56 Å². The maximum Gasteiger partial charge on any atom is 0.282 e. The summed E-state index contributed by atoms with van der Waals surface area (Å²) in [4.78, 5) is 21.6. The molecule has 0 saturated carbocycles. The Morgan fingerprint density at radius 3 is 2.70 bits per heavy atom. The zero-order valence-electron chi connectivity index (χ0n) is 14.8. The molecule has 0 saturated heterocycles. The summed E-state index contributed by atoms with van der Waals surface area (Å²) in [6, 6.07) is 11.2. The Labute approximate surface area is 169 Å². The normalized spacial score (nSPS) is 12.3. The fourth-order valence-electron chi connectivity index (χ4n) is 3.03. The Kier molecular flexibility index (Phi) is 4.65. The highest BCUT2D eigenvalue weighted by molar-refractivity contribution is 14.1. The van der Waals surface area contributed by atoms with Gasteiger partial charge in [0, 0.05) is 12.4 Å². The van der Waals surface area contributed by atoms with Crippen LogP contribution in [0.15, 0.2) is 59.9 Å². The van der Waals surface area contributed by atoms with Crippen molar-refractivity contribution >= 4 is 33.9 Å². The van der Waals surface area contributed by atoms with E-state index >= 15 is 0 Å². The number of anilines is 1. The first-order valence-electron chi connectivity index (χ1n) is 8.44. The van der Waals surface area contributed by atoms with Gasteiger partial charge in [-0.25, -0.2) is 14.5 Å². The third kappa shape index (κ3) is 3.20. The molecule has 3 heterocycles. The molecule has 0 bridgehead atoms. The Morgan fingerprint density at radius 2 is 1.96 bits per heavy atom. The molecule has 7 nitrogen and oxygen atoms in total. The minimum absolute atomic E-state index is 0.0975. The molecule has 0 radical (unpaired) electrons. The lowest BCUT2D eigenvalue weighted by Gasteiger charge is -2.20. The van der Waals surface area contributed by atoms with Gasteiger partial charge in [-0.3, -0.25) is 9.36 Å². The van der Waals surface area contributed by atoms with Crippen molar-refractivity contribution in [2.45, 2.75) is 19.9 Å². The van der Waals surface area contributed by atoms with Crippen LogP contribution in [-0.4, -0.2) is 24.1 Å². The Balaban J connectivity index is 1.91. The molecule has 8 heteroatoms. The monoisotopic (exact) mass is 472 g/mol. The molecular formula is C19H17IN6O. The number of nitrogens with zero attached hydrogens (tertiary/aromatic N) is 5. The molecule has 1 N–H and O–H groups in total. The van der Waals surface area contributed by atoms with E-state index in [1.165, 1.54) is 6.33 Å². The van der Waals surface area contributed by atoms with Gasteiger partial charge in [0.15, 0.2) is 5.82 Å². The number of fused-ring (bicyclic) bond motifs is 1. The first kappa shape index (κ1) is 17.7. The number of hydrogen-bond acceptors (Lipinski definition) is 5. The van der Waals surface area contributed by atoms with E-state index in [4.69, 9.17) is 5.10 Å². The van der Waals surface area contributed by atoms with Crippen LogP contribution < -0.4 is 10.9 Å². The molecule has 136 valence electrons. The molecule has 0 aliphatic heterocycles. The minimum atomic E-state index is -0.256. The van der Waals surface area contributed by atoms with Crippen LogP contribution in [0.1, 0.15) is 24.4 Å². The van der Waals surface area contributed by atoms with E-state index in [1.54, 1.807) is 15.3 Å². The molecule has 4 aromatic rings. The molecule has 3 aromatic heterocycles. The highest BCUT2D eigenvalue weighted by atomic mass is 127. The summed E-state index contributed by atoms with van der Waals surface area (Å²) in [5, 5.41) is 8.07. The minimum Gasteiger partial charge on any atom is -0.359 e. The van der Waals surface area contributed by atoms with Crippen molar-refractivity contribution < 1.29 is 0 Å². The van der Waals surface area contributed by atoms with E-state index < -0.39 is 0 Å². The lowest BCUT2D eigenvalue weighted by molar-refractivity contribution is 0.672. The summed E-state index contributed by atoms with van der Waals surface area (Å²) >= 11 is 2.18. The second kappa shape index (κ2) is 7.10. The molecule has 1 atom stereocenters. The highest BCUT2D eigenvalue weighted by Gasteiger charge is 2.20. The number of benzene rings is 1. The van der Waals surface area contributed by atoms with Crippen molar-refractivity contribution in [3.8, 4) is 5.69 Å². The lowest BCUT2D eigenvalue weighted by Crippen LogP contribution is -2.29. The van der Waals surface area contributed by atoms with Gasteiger partial charge in [0.1, 0.15) is 17.7 Å². The maximum atomic E-state index is 13.3. The van der Waals surface area contributed by atoms with Crippen LogP contribution in [0.2, 0.25) is 0 Å². The Bertz CT molecular complexity index is 1170. The summed E-state index contributed by atoms with van der Waals surface area (Å²) in [6.45, 7) is 3.87. The molecule has 0 spiro atoms. The van der Waals surface area contributed by atoms with Crippen LogP contribution in [0.4, 0.5) is 5.82 Å². The summed E-state index contributed by atoms with van der Waals surface area (Å²) in [7, 11) is 0. The zero-order valence-corrected chi connectivity index (χ0v) is 17.0. The fraction of sp³-hybridized carbons (Fsp3) is 0.158. The predicted molar refractivity (Wildman–Crippen MR) is 112 cm³/mol. The van der Waals surface area contributed by atoms with Crippen LogP contribution in [0.5, 0.6) is 0 Å². The number of nitrogens with one attached hydrogen (secondary N) is 1. The highest BCUT2D eigenvalue weighted by Crippen LogP contribution is 2.22. The number of halogens is 1. The topological polar surface area (TPSA) is 77.1 Å². The van der Waals surface area contributed by atoms with Gasteiger partial charge in [-0.15, -0.1) is 0 Å². The average Bonchev–Trinajstić information content (AvgIpc) is 3.05. The second-order valence-electron chi connectivity index (χ2n) is 6.21. The second-order valence-corrected chi connectivity index (χ2v) is 7.37. The van der Waals surface area contributed by atoms with Gasteiger partial charge < -0.3 is 5.32 Å². The molecule has 0 fully saturated rings. The summed E-state index contributed by atoms with van der Waals surface area (Å²) in [6.07, 6.45) is 5.04. The summed E-state index contributed by atoms with van der Waals surface area (Å²) < 4.78 is 4.21. The molecule has 1 aromatic carbocycles. The number of rotatable bonds is 4. The number of aromatic nitrogens is 5. The van der Waals surface area contributed by atoms with E-state index in [9.17, 15) is 4.79 Å². The van der Waals surface area contributed by atoms with Gasteiger partial charge in [-0.05, 0) is 60.2 Å². The van der Waals surface area contributed by atoms with Crippen molar-refractivity contribution in [2.24, 2.45) is 0 Å². The van der Waals surface area contributed by atoms with Crippen LogP contribution in [0.25, 0.3) is 11.2 Å². The van der Waals surface area contributed by atoms with E-state index in [0.717, 1.165) is 14.8 Å². The van der Waals surface area contributed by atoms with Crippen molar-refractivity contribution in [1.29, 1.82) is 0 Å². The first-order chi connectivity index (χ1) is 13.1. The number of hydrogen-bond donors (Lipinski definition) is 1. The van der Waals surface area contributed by atoms with Gasteiger partial charge in [-0.1, -0.05) is 18.2 Å². The van der Waals surface area contributed by atoms with E-state index in [0.29, 0.717) is 17.2 Å². The largest absolute Gasteiger partial charge is 0.359 e. The summed E-state index contributed by atoms with van der Waals surface area (Å²) in [5.74, 6) is 1.31. The standard InChI is InChI=1S/C19H17IN6O/c1-12-8-9-25-16(12)19(27)26(14-6-4-3-5-7-14)18(24-25)13(2)23-17-15(20)10-21-11-22-17/h3-11,13H,1-2H3,(H,21,22,23)/t13-/m0/s1. The molecule has 0 amide bonds. The van der Waals surface area contributed by atoms with Crippen molar-refractivity contribution in [1.82, 2.24) is 24.1 Å². The molecular weight excluding hydrogens is 455 g/mol. The van der Waals surface area contributed by atoms with Crippen LogP contribution in [-0.2, 0) is 0 Å². The third-order valence-corrected chi connectivity index (χ3v) is 5.13. The van der Waals surface area contributed by atoms with Gasteiger partial charge in [-0.2, -0.15) is 5.10 Å². The molecule has 0 aliphatic carbocycles. The van der Waals surface area contributed by atoms with Gasteiger partial charge in [0.05, 0.1) is 15.3 Å². The van der Waals surface area contributed by atoms with Crippen LogP contribution in [0, 0.1) is 10.5 Å².